The molecule has 3 aromatic rings. The minimum atomic E-state index is -0.955. The van der Waals surface area contributed by atoms with Gasteiger partial charge in [-0.3, -0.25) is 9.69 Å². The third-order valence-electron chi connectivity index (χ3n) is 10.1. The molecule has 0 spiro atoms. The van der Waals surface area contributed by atoms with Crippen LogP contribution in [0.4, 0.5) is 19.4 Å². The molecule has 52 heavy (non-hydrogen) atoms. The van der Waals surface area contributed by atoms with Crippen LogP contribution in [-0.2, 0) is 16.0 Å². The number of ether oxygens (including phenoxy) is 3. The molecule has 10 nitrogen and oxygen atoms in total. The first-order valence-electron chi connectivity index (χ1n) is 17.8. The highest BCUT2D eigenvalue weighted by Crippen LogP contribution is 2.41. The number of nitrogens with one attached hydrogen (secondary N) is 1. The lowest BCUT2D eigenvalue weighted by molar-refractivity contribution is -0.117. The summed E-state index contributed by atoms with van der Waals surface area (Å²) < 4.78 is 46.7. The summed E-state index contributed by atoms with van der Waals surface area (Å²) in [6, 6.07) is 6.24. The summed E-state index contributed by atoms with van der Waals surface area (Å²) in [7, 11) is 1.88. The van der Waals surface area contributed by atoms with Crippen molar-refractivity contribution in [3.8, 4) is 24.1 Å². The molecule has 0 bridgehead atoms. The van der Waals surface area contributed by atoms with Gasteiger partial charge >= 0.3 is 12.2 Å². The molecular weight excluding hydrogens is 668 g/mol. The van der Waals surface area contributed by atoms with Gasteiger partial charge in [-0.25, -0.2) is 13.6 Å². The monoisotopic (exact) mass is 713 g/mol. The number of fused-ring (bicyclic) bond motifs is 2. The van der Waals surface area contributed by atoms with Gasteiger partial charge in [0.15, 0.2) is 0 Å². The standard InChI is InChI=1S/C40H45F2N5O5/c1-7-30-33(42)15-13-26-17-29(52-39(49)51-24(3)4)19-32(36(26)30)25-12-14-31-34(18-25)44-38(50-23-40(5)20-27(41)21-46(40)6)45-37(31)47-16-10-9-11-28(22-47)43-35(48)8-2/h1,8,13,15,17-19,24,27-28H,2,9-12,14,16,20-23H2,3-6H3,(H,43,48)/t27-,28?,40+/m1/s1. The molecule has 2 aromatic carbocycles. The molecule has 3 aliphatic rings. The Bertz CT molecular complexity index is 1960. The molecule has 2 fully saturated rings. The highest BCUT2D eigenvalue weighted by atomic mass is 19.1. The van der Waals surface area contributed by atoms with E-state index in [-0.39, 0.29) is 42.0 Å². The lowest BCUT2D eigenvalue weighted by Gasteiger charge is -2.32. The number of terminal acetylenes is 1. The number of likely N-dealkylation sites (N-methyl/N-ethyl adjacent to an activating group) is 1. The van der Waals surface area contributed by atoms with Crippen molar-refractivity contribution in [1.29, 1.82) is 0 Å². The van der Waals surface area contributed by atoms with Crippen molar-refractivity contribution in [2.75, 3.05) is 38.2 Å². The van der Waals surface area contributed by atoms with Crippen molar-refractivity contribution in [2.45, 2.75) is 83.2 Å². The fraction of sp³-hybridized carbons (Fsp3) is 0.450. The molecule has 1 aromatic heterocycles. The number of benzene rings is 2. The number of alkyl halides is 1. The van der Waals surface area contributed by atoms with E-state index in [4.69, 9.17) is 30.6 Å². The van der Waals surface area contributed by atoms with Gasteiger partial charge in [0.2, 0.25) is 5.91 Å². The molecule has 3 heterocycles. The van der Waals surface area contributed by atoms with Crippen LogP contribution in [-0.4, -0.2) is 84.1 Å². The number of hydrogen-bond acceptors (Lipinski definition) is 9. The number of anilines is 1. The Balaban J connectivity index is 1.45. The van der Waals surface area contributed by atoms with Gasteiger partial charge in [0.1, 0.15) is 30.2 Å². The average Bonchev–Trinajstić information content (AvgIpc) is 3.22. The van der Waals surface area contributed by atoms with Crippen molar-refractivity contribution in [3.05, 3.63) is 65.1 Å². The van der Waals surface area contributed by atoms with E-state index in [1.165, 1.54) is 12.1 Å². The molecule has 2 saturated heterocycles. The van der Waals surface area contributed by atoms with E-state index in [0.29, 0.717) is 66.7 Å². The van der Waals surface area contributed by atoms with Gasteiger partial charge in [-0.2, -0.15) is 9.97 Å². The van der Waals surface area contributed by atoms with E-state index in [2.05, 4.69) is 22.7 Å². The van der Waals surface area contributed by atoms with Gasteiger partial charge in [-0.1, -0.05) is 18.6 Å². The SMILES string of the molecule is C#Cc1c(F)ccc2cc(OC(=O)OC(C)C)cc(C3=Cc4nc(OC[C@]5(C)C[C@@H](F)CN5C)nc(N5CCCCC(NC(=O)C=C)C5)c4CC3)c12. The first-order valence-corrected chi connectivity index (χ1v) is 17.8. The van der Waals surface area contributed by atoms with Crippen LogP contribution in [0.1, 0.15) is 75.3 Å². The molecule has 12 heteroatoms. The van der Waals surface area contributed by atoms with E-state index in [1.54, 1.807) is 32.0 Å². The zero-order valence-electron chi connectivity index (χ0n) is 30.1. The summed E-state index contributed by atoms with van der Waals surface area (Å²) in [5.74, 6) is 2.67. The summed E-state index contributed by atoms with van der Waals surface area (Å²) in [5.41, 5.74) is 2.46. The molecule has 1 aliphatic carbocycles. The second-order valence-corrected chi connectivity index (χ2v) is 14.3. The molecule has 0 radical (unpaired) electrons. The quantitative estimate of drug-likeness (QED) is 0.113. The Morgan fingerprint density at radius 1 is 1.21 bits per heavy atom. The van der Waals surface area contributed by atoms with Crippen LogP contribution in [0.5, 0.6) is 11.8 Å². The van der Waals surface area contributed by atoms with E-state index in [9.17, 15) is 14.0 Å². The second-order valence-electron chi connectivity index (χ2n) is 14.3. The second kappa shape index (κ2) is 15.3. The molecule has 6 rings (SSSR count). The number of carbonyl (C=O) groups is 2. The van der Waals surface area contributed by atoms with Gasteiger partial charge in [0.25, 0.3) is 0 Å². The summed E-state index contributed by atoms with van der Waals surface area (Å²) in [5, 5.41) is 4.16. The predicted octanol–water partition coefficient (Wildman–Crippen LogP) is 6.63. The van der Waals surface area contributed by atoms with Gasteiger partial charge in [0, 0.05) is 43.0 Å². The Labute approximate surface area is 303 Å². The third-order valence-corrected chi connectivity index (χ3v) is 10.1. The lowest BCUT2D eigenvalue weighted by atomic mass is 9.87. The van der Waals surface area contributed by atoms with Crippen molar-refractivity contribution >= 4 is 40.3 Å². The lowest BCUT2D eigenvalue weighted by Crippen LogP contribution is -2.44. The number of likely N-dealkylation sites (tertiary alicyclic amines) is 1. The number of rotatable bonds is 9. The number of hydrogen-bond donors (Lipinski definition) is 1. The molecule has 1 unspecified atom stereocenters. The van der Waals surface area contributed by atoms with Crippen LogP contribution in [0.3, 0.4) is 0 Å². The Kier molecular flexibility index (Phi) is 10.8. The third kappa shape index (κ3) is 7.89. The minimum absolute atomic E-state index is 0.0974. The fourth-order valence-electron chi connectivity index (χ4n) is 7.36. The number of carbonyl (C=O) groups excluding carboxylic acids is 2. The van der Waals surface area contributed by atoms with Crippen molar-refractivity contribution in [2.24, 2.45) is 0 Å². The highest BCUT2D eigenvalue weighted by molar-refractivity contribution is 6.02. The van der Waals surface area contributed by atoms with Crippen molar-refractivity contribution in [1.82, 2.24) is 20.2 Å². The zero-order chi connectivity index (χ0) is 37.2. The van der Waals surface area contributed by atoms with Crippen LogP contribution >= 0.6 is 0 Å². The Morgan fingerprint density at radius 2 is 2.02 bits per heavy atom. The van der Waals surface area contributed by atoms with E-state index in [0.717, 1.165) is 30.4 Å². The van der Waals surface area contributed by atoms with E-state index < -0.39 is 23.7 Å². The van der Waals surface area contributed by atoms with Crippen LogP contribution in [0, 0.1) is 18.2 Å². The minimum Gasteiger partial charge on any atom is -0.461 e. The molecule has 274 valence electrons. The summed E-state index contributed by atoms with van der Waals surface area (Å²) >= 11 is 0. The highest BCUT2D eigenvalue weighted by Gasteiger charge is 2.41. The first-order chi connectivity index (χ1) is 24.9. The van der Waals surface area contributed by atoms with Crippen LogP contribution in [0.15, 0.2) is 36.9 Å². The number of aromatic nitrogens is 2. The number of nitrogens with zero attached hydrogens (tertiary/aromatic N) is 4. The molecule has 3 atom stereocenters. The Morgan fingerprint density at radius 3 is 2.73 bits per heavy atom. The van der Waals surface area contributed by atoms with Crippen LogP contribution < -0.4 is 19.7 Å². The number of amides is 1. The number of halogens is 2. The predicted molar refractivity (Wildman–Crippen MR) is 197 cm³/mol. The smallest absolute Gasteiger partial charge is 0.461 e. The van der Waals surface area contributed by atoms with Crippen molar-refractivity contribution < 1.29 is 32.6 Å². The molecular formula is C40H45F2N5O5. The van der Waals surface area contributed by atoms with Gasteiger partial charge in [-0.05, 0) is 107 Å². The summed E-state index contributed by atoms with van der Waals surface area (Å²) in [4.78, 5) is 38.7. The number of allylic oxidation sites excluding steroid dienone is 1. The van der Waals surface area contributed by atoms with E-state index in [1.807, 2.05) is 24.9 Å². The normalized spacial score (nSPS) is 21.9. The summed E-state index contributed by atoms with van der Waals surface area (Å²) in [6.07, 6.45) is 10.9. The molecule has 0 saturated carbocycles. The fourth-order valence-corrected chi connectivity index (χ4v) is 7.36. The van der Waals surface area contributed by atoms with Crippen molar-refractivity contribution in [3.63, 3.8) is 0 Å². The van der Waals surface area contributed by atoms with Gasteiger partial charge in [-0.15, -0.1) is 6.42 Å². The topological polar surface area (TPSA) is 106 Å². The molecule has 1 N–H and O–H groups in total. The largest absolute Gasteiger partial charge is 0.514 e. The maximum atomic E-state index is 15.2. The maximum absolute atomic E-state index is 15.2. The zero-order valence-corrected chi connectivity index (χ0v) is 30.1. The van der Waals surface area contributed by atoms with Gasteiger partial charge in [0.05, 0.1) is 22.9 Å². The first kappa shape index (κ1) is 36.8. The average molecular weight is 714 g/mol. The van der Waals surface area contributed by atoms with Crippen LogP contribution in [0.2, 0.25) is 0 Å². The van der Waals surface area contributed by atoms with Crippen LogP contribution in [0.25, 0.3) is 22.4 Å². The van der Waals surface area contributed by atoms with Gasteiger partial charge < -0.3 is 24.4 Å². The Hall–Kier alpha value is -5.02. The van der Waals surface area contributed by atoms with E-state index >= 15 is 4.39 Å². The maximum Gasteiger partial charge on any atom is 0.514 e. The summed E-state index contributed by atoms with van der Waals surface area (Å²) in [6.45, 7) is 10.8. The molecule has 2 aliphatic heterocycles. The molecule has 1 amide bonds.